The van der Waals surface area contributed by atoms with Crippen LogP contribution in [-0.2, 0) is 17.7 Å². The number of hydrogen-bond donors (Lipinski definition) is 1. The molecule has 0 fully saturated rings. The smallest absolute Gasteiger partial charge is 0.360 e. The summed E-state index contributed by atoms with van der Waals surface area (Å²) in [5.41, 5.74) is 7.33. The van der Waals surface area contributed by atoms with E-state index in [2.05, 4.69) is 16.4 Å². The highest BCUT2D eigenvalue weighted by Gasteiger charge is 2.16. The van der Waals surface area contributed by atoms with Crippen LogP contribution in [0, 0.1) is 0 Å². The fraction of sp³-hybridized carbons (Fsp3) is 0.333. The van der Waals surface area contributed by atoms with Gasteiger partial charge in [0.1, 0.15) is 5.82 Å². The molecular weight excluding hydrogens is 250 g/mol. The Balaban J connectivity index is 2.04. The van der Waals surface area contributed by atoms with E-state index < -0.39 is 5.97 Å². The first kappa shape index (κ1) is 12.6. The van der Waals surface area contributed by atoms with Gasteiger partial charge in [-0.15, -0.1) is 0 Å². The number of aryl methyl sites for hydroxylation is 2. The number of imidazole rings is 1. The van der Waals surface area contributed by atoms with Crippen LogP contribution in [0.3, 0.4) is 0 Å². The van der Waals surface area contributed by atoms with Crippen molar-refractivity contribution >= 4 is 23.1 Å². The van der Waals surface area contributed by atoms with Crippen LogP contribution in [0.2, 0.25) is 0 Å². The van der Waals surface area contributed by atoms with E-state index in [4.69, 9.17) is 10.5 Å². The summed E-state index contributed by atoms with van der Waals surface area (Å²) in [5, 5.41) is 4.13. The molecular formula is C12H15N3O2S. The number of nitrogen functional groups attached to an aromatic ring is 1. The summed E-state index contributed by atoms with van der Waals surface area (Å²) in [6, 6.07) is 2.07. The molecule has 0 saturated carbocycles. The molecule has 0 bridgehead atoms. The van der Waals surface area contributed by atoms with Crippen molar-refractivity contribution in [3.63, 3.8) is 0 Å². The summed E-state index contributed by atoms with van der Waals surface area (Å²) in [6.45, 7) is 2.77. The first-order valence-corrected chi connectivity index (χ1v) is 6.65. The number of thiophene rings is 1. The molecule has 0 aliphatic carbocycles. The monoisotopic (exact) mass is 265 g/mol. The number of carbonyl (C=O) groups is 1. The fourth-order valence-electron chi connectivity index (χ4n) is 1.61. The lowest BCUT2D eigenvalue weighted by molar-refractivity contribution is 0.0521. The second kappa shape index (κ2) is 5.68. The van der Waals surface area contributed by atoms with E-state index in [9.17, 15) is 4.79 Å². The summed E-state index contributed by atoms with van der Waals surface area (Å²) in [7, 11) is 0. The van der Waals surface area contributed by atoms with Crippen LogP contribution in [-0.4, -0.2) is 22.1 Å². The first-order chi connectivity index (χ1) is 8.72. The van der Waals surface area contributed by atoms with Crippen LogP contribution in [0.5, 0.6) is 0 Å². The van der Waals surface area contributed by atoms with Gasteiger partial charge in [0.15, 0.2) is 5.69 Å². The molecule has 2 aromatic heterocycles. The molecule has 5 nitrogen and oxygen atoms in total. The van der Waals surface area contributed by atoms with Crippen LogP contribution in [0.1, 0.15) is 23.0 Å². The fourth-order valence-corrected chi connectivity index (χ4v) is 2.31. The summed E-state index contributed by atoms with van der Waals surface area (Å²) in [5.74, 6) is -0.104. The maximum Gasteiger partial charge on any atom is 0.360 e. The van der Waals surface area contributed by atoms with E-state index in [1.165, 1.54) is 5.56 Å². The summed E-state index contributed by atoms with van der Waals surface area (Å²) < 4.78 is 6.65. The Kier molecular flexibility index (Phi) is 3.99. The normalized spacial score (nSPS) is 10.5. The average Bonchev–Trinajstić information content (AvgIpc) is 2.96. The molecule has 0 amide bonds. The van der Waals surface area contributed by atoms with Gasteiger partial charge < -0.3 is 15.0 Å². The number of rotatable bonds is 5. The van der Waals surface area contributed by atoms with E-state index in [-0.39, 0.29) is 5.69 Å². The Hall–Kier alpha value is -1.82. The van der Waals surface area contributed by atoms with Crippen molar-refractivity contribution in [3.8, 4) is 0 Å². The van der Waals surface area contributed by atoms with Crippen molar-refractivity contribution in [1.29, 1.82) is 0 Å². The molecule has 96 valence electrons. The molecule has 0 radical (unpaired) electrons. The maximum atomic E-state index is 11.5. The van der Waals surface area contributed by atoms with E-state index in [1.54, 1.807) is 29.2 Å². The van der Waals surface area contributed by atoms with Crippen LogP contribution in [0.15, 0.2) is 23.2 Å². The molecule has 0 aliphatic heterocycles. The maximum absolute atomic E-state index is 11.5. The van der Waals surface area contributed by atoms with Gasteiger partial charge in [0.2, 0.25) is 0 Å². The Morgan fingerprint density at radius 1 is 1.61 bits per heavy atom. The molecule has 2 rings (SSSR count). The van der Waals surface area contributed by atoms with Crippen LogP contribution >= 0.6 is 11.3 Å². The Bertz CT molecular complexity index is 519. The number of aromatic nitrogens is 2. The van der Waals surface area contributed by atoms with E-state index >= 15 is 0 Å². The number of ether oxygens (including phenoxy) is 1. The molecule has 0 saturated heterocycles. The minimum Gasteiger partial charge on any atom is -0.461 e. The van der Waals surface area contributed by atoms with Crippen molar-refractivity contribution in [1.82, 2.24) is 9.55 Å². The molecule has 18 heavy (non-hydrogen) atoms. The Morgan fingerprint density at radius 2 is 2.44 bits per heavy atom. The topological polar surface area (TPSA) is 70.1 Å². The lowest BCUT2D eigenvalue weighted by atomic mass is 10.2. The minimum atomic E-state index is -0.468. The van der Waals surface area contributed by atoms with Crippen LogP contribution in [0.4, 0.5) is 5.82 Å². The second-order valence-corrected chi connectivity index (χ2v) is 4.55. The molecule has 0 aliphatic rings. The highest BCUT2D eigenvalue weighted by molar-refractivity contribution is 7.07. The van der Waals surface area contributed by atoms with Gasteiger partial charge in [-0.2, -0.15) is 11.3 Å². The molecule has 0 atom stereocenters. The van der Waals surface area contributed by atoms with Crippen LogP contribution in [0.25, 0.3) is 0 Å². The van der Waals surface area contributed by atoms with Gasteiger partial charge in [-0.3, -0.25) is 0 Å². The predicted molar refractivity (Wildman–Crippen MR) is 70.6 cm³/mol. The highest BCUT2D eigenvalue weighted by atomic mass is 32.1. The minimum absolute atomic E-state index is 0.196. The molecule has 0 unspecified atom stereocenters. The zero-order chi connectivity index (χ0) is 13.0. The van der Waals surface area contributed by atoms with Crippen molar-refractivity contribution in [2.75, 3.05) is 12.3 Å². The number of carbonyl (C=O) groups excluding carboxylic acids is 1. The zero-order valence-electron chi connectivity index (χ0n) is 10.1. The third kappa shape index (κ3) is 2.70. The van der Waals surface area contributed by atoms with Crippen molar-refractivity contribution in [3.05, 3.63) is 34.4 Å². The summed E-state index contributed by atoms with van der Waals surface area (Å²) >= 11 is 1.67. The average molecular weight is 265 g/mol. The van der Waals surface area contributed by atoms with Crippen molar-refractivity contribution in [2.24, 2.45) is 0 Å². The highest BCUT2D eigenvalue weighted by Crippen LogP contribution is 2.14. The summed E-state index contributed by atoms with van der Waals surface area (Å²) in [4.78, 5) is 15.5. The standard InChI is InChI=1S/C12H15N3O2S/c1-2-17-12(16)10-11(13)15(8-14-10)5-3-9-4-6-18-7-9/h4,6-8H,2-3,5,13H2,1H3. The number of anilines is 1. The van der Waals surface area contributed by atoms with Gasteiger partial charge >= 0.3 is 5.97 Å². The second-order valence-electron chi connectivity index (χ2n) is 3.77. The van der Waals surface area contributed by atoms with Gasteiger partial charge in [0.05, 0.1) is 12.9 Å². The number of nitrogens with zero attached hydrogens (tertiary/aromatic N) is 2. The Labute approximate surface area is 109 Å². The first-order valence-electron chi connectivity index (χ1n) is 5.71. The molecule has 2 heterocycles. The zero-order valence-corrected chi connectivity index (χ0v) is 10.9. The largest absolute Gasteiger partial charge is 0.461 e. The lowest BCUT2D eigenvalue weighted by Gasteiger charge is -2.04. The van der Waals surface area contributed by atoms with Gasteiger partial charge in [0, 0.05) is 6.54 Å². The van der Waals surface area contributed by atoms with Crippen molar-refractivity contribution in [2.45, 2.75) is 19.9 Å². The van der Waals surface area contributed by atoms with E-state index in [1.807, 2.05) is 5.38 Å². The van der Waals surface area contributed by atoms with E-state index in [0.717, 1.165) is 6.42 Å². The van der Waals surface area contributed by atoms with Crippen molar-refractivity contribution < 1.29 is 9.53 Å². The molecule has 0 aromatic carbocycles. The van der Waals surface area contributed by atoms with Gasteiger partial charge in [-0.25, -0.2) is 9.78 Å². The molecule has 0 spiro atoms. The van der Waals surface area contributed by atoms with Gasteiger partial charge in [0.25, 0.3) is 0 Å². The molecule has 2 aromatic rings. The third-order valence-corrected chi connectivity index (χ3v) is 3.30. The van der Waals surface area contributed by atoms with Gasteiger partial charge in [-0.1, -0.05) is 0 Å². The quantitative estimate of drug-likeness (QED) is 0.839. The molecule has 6 heteroatoms. The van der Waals surface area contributed by atoms with Crippen LogP contribution < -0.4 is 5.73 Å². The Morgan fingerprint density at radius 3 is 3.11 bits per heavy atom. The lowest BCUT2D eigenvalue weighted by Crippen LogP contribution is -2.10. The summed E-state index contributed by atoms with van der Waals surface area (Å²) in [6.07, 6.45) is 2.44. The molecule has 2 N–H and O–H groups in total. The number of hydrogen-bond acceptors (Lipinski definition) is 5. The number of esters is 1. The number of nitrogens with two attached hydrogens (primary N) is 1. The third-order valence-electron chi connectivity index (χ3n) is 2.57. The predicted octanol–water partition coefficient (Wildman–Crippen LogP) is 1.95. The van der Waals surface area contributed by atoms with Gasteiger partial charge in [-0.05, 0) is 35.7 Å². The van der Waals surface area contributed by atoms with E-state index in [0.29, 0.717) is 19.0 Å². The SMILES string of the molecule is CCOC(=O)c1ncn(CCc2ccsc2)c1N.